The summed E-state index contributed by atoms with van der Waals surface area (Å²) in [5, 5.41) is 18.4. The molecule has 0 radical (unpaired) electrons. The minimum absolute atomic E-state index is 0.173. The van der Waals surface area contributed by atoms with Gasteiger partial charge < -0.3 is 14.9 Å². The predicted molar refractivity (Wildman–Crippen MR) is 53.0 cm³/mol. The van der Waals surface area contributed by atoms with Gasteiger partial charge in [0.1, 0.15) is 18.8 Å². The van der Waals surface area contributed by atoms with Crippen molar-refractivity contribution in [1.29, 1.82) is 0 Å². The highest BCUT2D eigenvalue weighted by Gasteiger charge is 2.23. The zero-order chi connectivity index (χ0) is 12.0. The number of hydrogen-bond acceptors (Lipinski definition) is 5. The van der Waals surface area contributed by atoms with E-state index in [2.05, 4.69) is 17.9 Å². The van der Waals surface area contributed by atoms with Gasteiger partial charge in [-0.1, -0.05) is 13.2 Å². The Morgan fingerprint density at radius 2 is 2.00 bits per heavy atom. The summed E-state index contributed by atoms with van der Waals surface area (Å²) in [5.74, 6) is -1.42. The van der Waals surface area contributed by atoms with E-state index in [1.165, 1.54) is 6.92 Å². The van der Waals surface area contributed by atoms with Gasteiger partial charge in [-0.05, 0) is 13.0 Å². The second-order valence-electron chi connectivity index (χ2n) is 3.00. The maximum Gasteiger partial charge on any atom is 0.333 e. The quantitative estimate of drug-likeness (QED) is 0.463. The molecular formula is C10H14O5. The lowest BCUT2D eigenvalue weighted by molar-refractivity contribution is -0.147. The fourth-order valence-corrected chi connectivity index (χ4v) is 0.686. The Kier molecular flexibility index (Phi) is 5.51. The molecule has 0 amide bonds. The van der Waals surface area contributed by atoms with Crippen molar-refractivity contribution in [3.63, 3.8) is 0 Å². The highest BCUT2D eigenvalue weighted by molar-refractivity contribution is 5.93. The molecule has 0 saturated carbocycles. The number of ketones is 1. The van der Waals surface area contributed by atoms with Gasteiger partial charge in [0.25, 0.3) is 0 Å². The summed E-state index contributed by atoms with van der Waals surface area (Å²) in [6.45, 7) is 7.45. The maximum atomic E-state index is 10.9. The van der Waals surface area contributed by atoms with Crippen molar-refractivity contribution in [1.82, 2.24) is 0 Å². The Balaban J connectivity index is 4.09. The predicted octanol–water partition coefficient (Wildman–Crippen LogP) is -0.417. The lowest BCUT2D eigenvalue weighted by Crippen LogP contribution is -2.36. The first-order chi connectivity index (χ1) is 6.90. The second-order valence-corrected chi connectivity index (χ2v) is 3.00. The highest BCUT2D eigenvalue weighted by atomic mass is 16.5. The van der Waals surface area contributed by atoms with Crippen LogP contribution in [0.1, 0.15) is 6.92 Å². The van der Waals surface area contributed by atoms with Crippen LogP contribution < -0.4 is 0 Å². The number of carbonyl (C=O) groups excluding carboxylic acids is 2. The van der Waals surface area contributed by atoms with E-state index in [9.17, 15) is 14.7 Å². The van der Waals surface area contributed by atoms with Gasteiger partial charge in [0, 0.05) is 5.57 Å². The monoisotopic (exact) mass is 214 g/mol. The van der Waals surface area contributed by atoms with E-state index in [1.54, 1.807) is 0 Å². The standard InChI is InChI=1S/C10H14O5/c1-4-7(11)9(13)8(12)5-15-10(14)6(2)3/h4,8-9,12-13H,1-2,5H2,3H3. The van der Waals surface area contributed by atoms with Crippen LogP contribution in [0.25, 0.3) is 0 Å². The van der Waals surface area contributed by atoms with Crippen LogP contribution >= 0.6 is 0 Å². The van der Waals surface area contributed by atoms with Crippen LogP contribution in [-0.2, 0) is 14.3 Å². The van der Waals surface area contributed by atoms with E-state index in [1.807, 2.05) is 0 Å². The van der Waals surface area contributed by atoms with E-state index in [0.29, 0.717) is 0 Å². The van der Waals surface area contributed by atoms with Crippen molar-refractivity contribution in [3.05, 3.63) is 24.8 Å². The first kappa shape index (κ1) is 13.5. The van der Waals surface area contributed by atoms with Gasteiger partial charge in [-0.15, -0.1) is 0 Å². The fraction of sp³-hybridized carbons (Fsp3) is 0.400. The third-order valence-corrected chi connectivity index (χ3v) is 1.59. The van der Waals surface area contributed by atoms with Crippen molar-refractivity contribution in [2.24, 2.45) is 0 Å². The zero-order valence-electron chi connectivity index (χ0n) is 8.47. The average molecular weight is 214 g/mol. The molecule has 0 aromatic rings. The normalized spacial score (nSPS) is 13.8. The summed E-state index contributed by atoms with van der Waals surface area (Å²) < 4.78 is 4.55. The van der Waals surface area contributed by atoms with Crippen LogP contribution in [-0.4, -0.2) is 40.8 Å². The largest absolute Gasteiger partial charge is 0.459 e. The van der Waals surface area contributed by atoms with Gasteiger partial charge in [-0.3, -0.25) is 4.79 Å². The highest BCUT2D eigenvalue weighted by Crippen LogP contribution is 2.00. The summed E-state index contributed by atoms with van der Waals surface area (Å²) in [5.41, 5.74) is 0.173. The topological polar surface area (TPSA) is 83.8 Å². The minimum atomic E-state index is -1.62. The molecular weight excluding hydrogens is 200 g/mol. The van der Waals surface area contributed by atoms with Crippen molar-refractivity contribution < 1.29 is 24.5 Å². The van der Waals surface area contributed by atoms with Gasteiger partial charge in [-0.25, -0.2) is 4.79 Å². The molecule has 0 heterocycles. The van der Waals surface area contributed by atoms with Gasteiger partial charge >= 0.3 is 5.97 Å². The molecule has 0 rings (SSSR count). The van der Waals surface area contributed by atoms with Gasteiger partial charge in [0.05, 0.1) is 0 Å². The third kappa shape index (κ3) is 4.53. The summed E-state index contributed by atoms with van der Waals surface area (Å²) in [7, 11) is 0. The van der Waals surface area contributed by atoms with Crippen molar-refractivity contribution in [3.8, 4) is 0 Å². The Hall–Kier alpha value is -1.46. The Bertz CT molecular complexity index is 282. The van der Waals surface area contributed by atoms with E-state index in [4.69, 9.17) is 5.11 Å². The maximum absolute atomic E-state index is 10.9. The van der Waals surface area contributed by atoms with Gasteiger partial charge in [0.2, 0.25) is 0 Å². The summed E-state index contributed by atoms with van der Waals surface area (Å²) in [6.07, 6.45) is -2.20. The van der Waals surface area contributed by atoms with Crippen LogP contribution in [0.4, 0.5) is 0 Å². The van der Waals surface area contributed by atoms with E-state index >= 15 is 0 Å². The molecule has 0 aliphatic carbocycles. The number of aliphatic hydroxyl groups excluding tert-OH is 2. The molecule has 0 bridgehead atoms. The molecule has 5 heteroatoms. The molecule has 0 fully saturated rings. The molecule has 0 aliphatic rings. The van der Waals surface area contributed by atoms with Crippen LogP contribution in [0.2, 0.25) is 0 Å². The molecule has 2 N–H and O–H groups in total. The summed E-state index contributed by atoms with van der Waals surface area (Å²) in [4.78, 5) is 21.7. The van der Waals surface area contributed by atoms with Gasteiger partial charge in [0.15, 0.2) is 5.78 Å². The first-order valence-electron chi connectivity index (χ1n) is 4.25. The first-order valence-corrected chi connectivity index (χ1v) is 4.25. The SMILES string of the molecule is C=CC(=O)C(O)C(O)COC(=O)C(=C)C. The molecule has 2 unspecified atom stereocenters. The fourth-order valence-electron chi connectivity index (χ4n) is 0.686. The Labute approximate surface area is 87.7 Å². The van der Waals surface area contributed by atoms with E-state index < -0.39 is 30.6 Å². The molecule has 2 atom stereocenters. The lowest BCUT2D eigenvalue weighted by Gasteiger charge is -2.15. The van der Waals surface area contributed by atoms with Crippen LogP contribution in [0, 0.1) is 0 Å². The Morgan fingerprint density at radius 3 is 2.40 bits per heavy atom. The minimum Gasteiger partial charge on any atom is -0.459 e. The lowest BCUT2D eigenvalue weighted by atomic mass is 10.1. The van der Waals surface area contributed by atoms with Crippen molar-refractivity contribution >= 4 is 11.8 Å². The van der Waals surface area contributed by atoms with Gasteiger partial charge in [-0.2, -0.15) is 0 Å². The molecule has 0 aromatic carbocycles. The van der Waals surface area contributed by atoms with Crippen molar-refractivity contribution in [2.45, 2.75) is 19.1 Å². The molecule has 15 heavy (non-hydrogen) atoms. The summed E-state index contributed by atoms with van der Waals surface area (Å²) >= 11 is 0. The number of aliphatic hydroxyl groups is 2. The number of ether oxygens (including phenoxy) is 1. The summed E-state index contributed by atoms with van der Waals surface area (Å²) in [6, 6.07) is 0. The van der Waals surface area contributed by atoms with E-state index in [-0.39, 0.29) is 5.57 Å². The third-order valence-electron chi connectivity index (χ3n) is 1.59. The van der Waals surface area contributed by atoms with E-state index in [0.717, 1.165) is 6.08 Å². The van der Waals surface area contributed by atoms with Crippen LogP contribution in [0.3, 0.4) is 0 Å². The zero-order valence-corrected chi connectivity index (χ0v) is 8.47. The number of rotatable bonds is 6. The molecule has 0 aliphatic heterocycles. The van der Waals surface area contributed by atoms with Crippen LogP contribution in [0.15, 0.2) is 24.8 Å². The molecule has 5 nitrogen and oxygen atoms in total. The molecule has 84 valence electrons. The number of carbonyl (C=O) groups is 2. The van der Waals surface area contributed by atoms with Crippen molar-refractivity contribution in [2.75, 3.05) is 6.61 Å². The molecule has 0 saturated heterocycles. The number of esters is 1. The molecule has 0 spiro atoms. The average Bonchev–Trinajstić information content (AvgIpc) is 2.22. The second kappa shape index (κ2) is 6.10. The molecule has 0 aromatic heterocycles. The number of hydrogen-bond donors (Lipinski definition) is 2. The van der Waals surface area contributed by atoms with Crippen LogP contribution in [0.5, 0.6) is 0 Å². The Morgan fingerprint density at radius 1 is 1.47 bits per heavy atom. The smallest absolute Gasteiger partial charge is 0.333 e.